The smallest absolute Gasteiger partial charge is 0.231 e. The van der Waals surface area contributed by atoms with Gasteiger partial charge in [-0.15, -0.1) is 0 Å². The highest BCUT2D eigenvalue weighted by molar-refractivity contribution is 7.99. The van der Waals surface area contributed by atoms with Crippen molar-refractivity contribution in [2.24, 2.45) is 0 Å². The van der Waals surface area contributed by atoms with Crippen LogP contribution in [0, 0.1) is 0 Å². The third-order valence-electron chi connectivity index (χ3n) is 4.13. The van der Waals surface area contributed by atoms with Crippen LogP contribution >= 0.6 is 11.8 Å². The summed E-state index contributed by atoms with van der Waals surface area (Å²) in [6, 6.07) is 0. The SMILES string of the molecule is C1CCC(SCc2noc([C@@H]3CCCNC3)n2)CC1. The molecule has 1 aromatic rings. The summed E-state index contributed by atoms with van der Waals surface area (Å²) in [5.41, 5.74) is 0. The molecule has 1 saturated heterocycles. The lowest BCUT2D eigenvalue weighted by molar-refractivity contribution is 0.320. The molecule has 0 unspecified atom stereocenters. The normalized spacial score (nSPS) is 25.6. The van der Waals surface area contributed by atoms with E-state index >= 15 is 0 Å². The van der Waals surface area contributed by atoms with Crippen molar-refractivity contribution < 1.29 is 4.52 Å². The Kier molecular flexibility index (Phi) is 4.77. The van der Waals surface area contributed by atoms with Gasteiger partial charge in [0.25, 0.3) is 0 Å². The number of hydrogen-bond donors (Lipinski definition) is 1. The zero-order chi connectivity index (χ0) is 12.9. The number of hydrogen-bond acceptors (Lipinski definition) is 5. The maximum Gasteiger partial charge on any atom is 0.231 e. The summed E-state index contributed by atoms with van der Waals surface area (Å²) in [7, 11) is 0. The fourth-order valence-electron chi connectivity index (χ4n) is 2.98. The Morgan fingerprint density at radius 1 is 1.16 bits per heavy atom. The summed E-state index contributed by atoms with van der Waals surface area (Å²) >= 11 is 2.01. The molecule has 0 spiro atoms. The lowest BCUT2D eigenvalue weighted by Gasteiger charge is -2.20. The van der Waals surface area contributed by atoms with Gasteiger partial charge in [-0.05, 0) is 32.2 Å². The van der Waals surface area contributed by atoms with Gasteiger partial charge in [0, 0.05) is 11.8 Å². The van der Waals surface area contributed by atoms with Crippen LogP contribution in [-0.4, -0.2) is 28.5 Å². The van der Waals surface area contributed by atoms with Crippen LogP contribution in [-0.2, 0) is 5.75 Å². The second-order valence-corrected chi connectivity index (χ2v) is 6.95. The summed E-state index contributed by atoms with van der Waals surface area (Å²) in [5, 5.41) is 8.35. The number of nitrogens with one attached hydrogen (secondary N) is 1. The molecule has 106 valence electrons. The highest BCUT2D eigenvalue weighted by Gasteiger charge is 2.22. The van der Waals surface area contributed by atoms with Crippen LogP contribution in [0.3, 0.4) is 0 Å². The van der Waals surface area contributed by atoms with Gasteiger partial charge in [-0.2, -0.15) is 16.7 Å². The molecule has 0 aromatic carbocycles. The first kappa shape index (κ1) is 13.4. The molecule has 19 heavy (non-hydrogen) atoms. The molecular formula is C14H23N3OS. The van der Waals surface area contributed by atoms with Crippen LogP contribution in [0.25, 0.3) is 0 Å². The van der Waals surface area contributed by atoms with E-state index in [1.807, 2.05) is 11.8 Å². The van der Waals surface area contributed by atoms with Crippen molar-refractivity contribution in [3.05, 3.63) is 11.7 Å². The summed E-state index contributed by atoms with van der Waals surface area (Å²) in [6.07, 6.45) is 9.30. The number of rotatable bonds is 4. The minimum Gasteiger partial charge on any atom is -0.339 e. The Bertz CT molecular complexity index is 384. The first-order valence-electron chi connectivity index (χ1n) is 7.56. The quantitative estimate of drug-likeness (QED) is 0.919. The third kappa shape index (κ3) is 3.72. The number of piperidine rings is 1. The van der Waals surface area contributed by atoms with E-state index < -0.39 is 0 Å². The van der Waals surface area contributed by atoms with Crippen LogP contribution in [0.4, 0.5) is 0 Å². The molecule has 2 heterocycles. The molecule has 0 radical (unpaired) electrons. The Labute approximate surface area is 119 Å². The van der Waals surface area contributed by atoms with Crippen molar-refractivity contribution in [2.75, 3.05) is 13.1 Å². The molecule has 5 heteroatoms. The maximum atomic E-state index is 5.43. The average molecular weight is 281 g/mol. The van der Waals surface area contributed by atoms with E-state index in [1.165, 1.54) is 44.9 Å². The van der Waals surface area contributed by atoms with Crippen molar-refractivity contribution in [1.29, 1.82) is 0 Å². The lowest BCUT2D eigenvalue weighted by atomic mass is 10.00. The van der Waals surface area contributed by atoms with Crippen molar-refractivity contribution in [1.82, 2.24) is 15.5 Å². The molecule has 1 saturated carbocycles. The molecule has 0 bridgehead atoms. The summed E-state index contributed by atoms with van der Waals surface area (Å²) < 4.78 is 5.43. The predicted octanol–water partition coefficient (Wildman–Crippen LogP) is 3.10. The van der Waals surface area contributed by atoms with E-state index in [-0.39, 0.29) is 0 Å². The Balaban J connectivity index is 1.49. The third-order valence-corrected chi connectivity index (χ3v) is 5.50. The van der Waals surface area contributed by atoms with Crippen LogP contribution in [0.2, 0.25) is 0 Å². The lowest BCUT2D eigenvalue weighted by Crippen LogP contribution is -2.28. The molecule has 2 fully saturated rings. The maximum absolute atomic E-state index is 5.43. The minimum atomic E-state index is 0.426. The van der Waals surface area contributed by atoms with Crippen molar-refractivity contribution in [3.63, 3.8) is 0 Å². The van der Waals surface area contributed by atoms with Crippen molar-refractivity contribution >= 4 is 11.8 Å². The van der Waals surface area contributed by atoms with E-state index in [9.17, 15) is 0 Å². The van der Waals surface area contributed by atoms with E-state index in [4.69, 9.17) is 4.52 Å². The van der Waals surface area contributed by atoms with Gasteiger partial charge in [-0.25, -0.2) is 0 Å². The Hall–Kier alpha value is -0.550. The standard InChI is InChI=1S/C14H23N3OS/c1-2-6-12(7-3-1)19-10-13-16-14(18-17-13)11-5-4-8-15-9-11/h11-12,15H,1-10H2/t11-/m1/s1. The second kappa shape index (κ2) is 6.75. The molecule has 1 aliphatic heterocycles. The zero-order valence-corrected chi connectivity index (χ0v) is 12.3. The molecule has 3 rings (SSSR count). The Morgan fingerprint density at radius 2 is 2.05 bits per heavy atom. The van der Waals surface area contributed by atoms with Gasteiger partial charge in [-0.3, -0.25) is 0 Å². The zero-order valence-electron chi connectivity index (χ0n) is 11.4. The highest BCUT2D eigenvalue weighted by atomic mass is 32.2. The average Bonchev–Trinajstić information content (AvgIpc) is 2.96. The number of thioether (sulfide) groups is 1. The van der Waals surface area contributed by atoms with E-state index in [0.29, 0.717) is 5.92 Å². The molecule has 4 nitrogen and oxygen atoms in total. The van der Waals surface area contributed by atoms with Crippen LogP contribution in [0.5, 0.6) is 0 Å². The van der Waals surface area contributed by atoms with E-state index in [2.05, 4.69) is 15.5 Å². The van der Waals surface area contributed by atoms with Gasteiger partial charge in [0.15, 0.2) is 5.82 Å². The molecular weight excluding hydrogens is 258 g/mol. The largest absolute Gasteiger partial charge is 0.339 e. The van der Waals surface area contributed by atoms with E-state index in [0.717, 1.165) is 35.8 Å². The second-order valence-electron chi connectivity index (χ2n) is 5.66. The van der Waals surface area contributed by atoms with Gasteiger partial charge in [0.1, 0.15) is 0 Å². The summed E-state index contributed by atoms with van der Waals surface area (Å²) in [6.45, 7) is 2.10. The molecule has 1 N–H and O–H groups in total. The summed E-state index contributed by atoms with van der Waals surface area (Å²) in [5.74, 6) is 3.06. The number of nitrogens with zero attached hydrogens (tertiary/aromatic N) is 2. The number of aromatic nitrogens is 2. The first-order valence-corrected chi connectivity index (χ1v) is 8.61. The molecule has 2 aliphatic rings. The Morgan fingerprint density at radius 3 is 2.84 bits per heavy atom. The van der Waals surface area contributed by atoms with Crippen molar-refractivity contribution in [3.8, 4) is 0 Å². The van der Waals surface area contributed by atoms with Gasteiger partial charge >= 0.3 is 0 Å². The predicted molar refractivity (Wildman–Crippen MR) is 77.3 cm³/mol. The molecule has 1 aliphatic carbocycles. The topological polar surface area (TPSA) is 51.0 Å². The van der Waals surface area contributed by atoms with Crippen LogP contribution in [0.1, 0.15) is 62.6 Å². The van der Waals surface area contributed by atoms with Gasteiger partial charge in [0.2, 0.25) is 5.89 Å². The summed E-state index contributed by atoms with van der Waals surface area (Å²) in [4.78, 5) is 4.58. The molecule has 1 aromatic heterocycles. The molecule has 1 atom stereocenters. The first-order chi connectivity index (χ1) is 9.42. The van der Waals surface area contributed by atoms with Gasteiger partial charge in [-0.1, -0.05) is 24.4 Å². The monoisotopic (exact) mass is 281 g/mol. The fraction of sp³-hybridized carbons (Fsp3) is 0.857. The fourth-order valence-corrected chi connectivity index (χ4v) is 4.15. The minimum absolute atomic E-state index is 0.426. The van der Waals surface area contributed by atoms with Crippen LogP contribution < -0.4 is 5.32 Å². The highest BCUT2D eigenvalue weighted by Crippen LogP contribution is 2.30. The van der Waals surface area contributed by atoms with Crippen molar-refractivity contribution in [2.45, 2.75) is 61.9 Å². The van der Waals surface area contributed by atoms with Gasteiger partial charge < -0.3 is 9.84 Å². The van der Waals surface area contributed by atoms with E-state index in [1.54, 1.807) is 0 Å². The van der Waals surface area contributed by atoms with Crippen LogP contribution in [0.15, 0.2) is 4.52 Å². The molecule has 0 amide bonds. The van der Waals surface area contributed by atoms with Gasteiger partial charge in [0.05, 0.1) is 11.7 Å².